The molecule has 0 atom stereocenters. The molecule has 0 saturated carbocycles. The van der Waals surface area contributed by atoms with Crippen molar-refractivity contribution in [3.05, 3.63) is 29.8 Å². The van der Waals surface area contributed by atoms with Crippen LogP contribution in [0.1, 0.15) is 0 Å². The van der Waals surface area contributed by atoms with Gasteiger partial charge in [-0.15, -0.1) is 0 Å². The number of halogens is 2. The maximum Gasteiger partial charge on any atom is 0.319 e. The monoisotopic (exact) mass is 229 g/mol. The molecule has 86 valence electrons. The second kappa shape index (κ2) is 5.06. The van der Waals surface area contributed by atoms with Gasteiger partial charge in [0.15, 0.2) is 0 Å². The molecule has 0 spiro atoms. The molecule has 0 aromatic heterocycles. The summed E-state index contributed by atoms with van der Waals surface area (Å²) in [5.74, 6) is -2.38. The second-order valence-electron chi connectivity index (χ2n) is 2.90. The lowest BCUT2D eigenvalue weighted by molar-refractivity contribution is -0.117. The van der Waals surface area contributed by atoms with Crippen molar-refractivity contribution in [2.24, 2.45) is 5.73 Å². The van der Waals surface area contributed by atoms with Gasteiger partial charge in [0.05, 0.1) is 12.2 Å². The average molecular weight is 229 g/mol. The third kappa shape index (κ3) is 3.52. The SMILES string of the molecule is NC(=O)CNC(=O)Nc1ccc(F)cc1F. The molecule has 0 aliphatic rings. The van der Waals surface area contributed by atoms with E-state index in [1.54, 1.807) is 0 Å². The number of benzene rings is 1. The first kappa shape index (κ1) is 11.9. The van der Waals surface area contributed by atoms with Crippen molar-refractivity contribution in [2.45, 2.75) is 0 Å². The van der Waals surface area contributed by atoms with Gasteiger partial charge in [-0.1, -0.05) is 0 Å². The number of nitrogens with one attached hydrogen (secondary N) is 2. The van der Waals surface area contributed by atoms with Crippen molar-refractivity contribution in [1.29, 1.82) is 0 Å². The zero-order chi connectivity index (χ0) is 12.1. The Hall–Kier alpha value is -2.18. The van der Waals surface area contributed by atoms with E-state index in [1.165, 1.54) is 0 Å². The average Bonchev–Trinajstić information content (AvgIpc) is 2.19. The fraction of sp³-hybridized carbons (Fsp3) is 0.111. The van der Waals surface area contributed by atoms with E-state index in [2.05, 4.69) is 10.6 Å². The first-order valence-electron chi connectivity index (χ1n) is 4.27. The summed E-state index contributed by atoms with van der Waals surface area (Å²) in [4.78, 5) is 21.4. The van der Waals surface area contributed by atoms with Crippen LogP contribution in [-0.4, -0.2) is 18.5 Å². The molecular formula is C9H9F2N3O2. The topological polar surface area (TPSA) is 84.2 Å². The van der Waals surface area contributed by atoms with Crippen LogP contribution >= 0.6 is 0 Å². The summed E-state index contributed by atoms with van der Waals surface area (Å²) in [5, 5.41) is 4.18. The zero-order valence-corrected chi connectivity index (χ0v) is 8.09. The Bertz CT molecular complexity index is 423. The van der Waals surface area contributed by atoms with Crippen molar-refractivity contribution in [3.8, 4) is 0 Å². The van der Waals surface area contributed by atoms with Crippen LogP contribution in [0.25, 0.3) is 0 Å². The van der Waals surface area contributed by atoms with E-state index in [0.717, 1.165) is 12.1 Å². The van der Waals surface area contributed by atoms with Gasteiger partial charge < -0.3 is 16.4 Å². The maximum atomic E-state index is 13.0. The standard InChI is InChI=1S/C9H9F2N3O2/c10-5-1-2-7(6(11)3-5)14-9(16)13-4-8(12)15/h1-3H,4H2,(H2,12,15)(H2,13,14,16). The lowest BCUT2D eigenvalue weighted by Crippen LogP contribution is -2.36. The molecule has 1 rings (SSSR count). The molecule has 0 aliphatic heterocycles. The number of urea groups is 1. The summed E-state index contributed by atoms with van der Waals surface area (Å²) < 4.78 is 25.5. The minimum Gasteiger partial charge on any atom is -0.368 e. The summed E-state index contributed by atoms with van der Waals surface area (Å²) >= 11 is 0. The minimum atomic E-state index is -0.908. The summed E-state index contributed by atoms with van der Waals surface area (Å²) in [6.07, 6.45) is 0. The molecule has 1 aromatic rings. The van der Waals surface area contributed by atoms with E-state index in [0.29, 0.717) is 6.07 Å². The molecule has 0 unspecified atom stereocenters. The van der Waals surface area contributed by atoms with Crippen LogP contribution in [0.4, 0.5) is 19.3 Å². The molecule has 5 nitrogen and oxygen atoms in total. The van der Waals surface area contributed by atoms with Crippen molar-refractivity contribution >= 4 is 17.6 Å². The lowest BCUT2D eigenvalue weighted by atomic mass is 10.3. The number of primary amides is 1. The van der Waals surface area contributed by atoms with Crippen LogP contribution in [0.5, 0.6) is 0 Å². The first-order valence-corrected chi connectivity index (χ1v) is 4.27. The molecule has 3 amide bonds. The smallest absolute Gasteiger partial charge is 0.319 e. The highest BCUT2D eigenvalue weighted by molar-refractivity contribution is 5.91. The van der Waals surface area contributed by atoms with Crippen LogP contribution in [0.15, 0.2) is 18.2 Å². The van der Waals surface area contributed by atoms with Gasteiger partial charge in [-0.25, -0.2) is 13.6 Å². The fourth-order valence-electron chi connectivity index (χ4n) is 0.925. The van der Waals surface area contributed by atoms with E-state index >= 15 is 0 Å². The van der Waals surface area contributed by atoms with Gasteiger partial charge in [-0.2, -0.15) is 0 Å². The molecule has 0 bridgehead atoms. The predicted octanol–water partition coefficient (Wildman–Crippen LogP) is 0.572. The Labute approximate surface area is 89.6 Å². The van der Waals surface area contributed by atoms with Gasteiger partial charge in [0, 0.05) is 6.07 Å². The van der Waals surface area contributed by atoms with E-state index in [1.807, 2.05) is 0 Å². The Morgan fingerprint density at radius 3 is 2.56 bits per heavy atom. The number of rotatable bonds is 3. The molecule has 0 aliphatic carbocycles. The molecule has 0 saturated heterocycles. The number of hydrogen-bond donors (Lipinski definition) is 3. The van der Waals surface area contributed by atoms with Crippen molar-refractivity contribution in [3.63, 3.8) is 0 Å². The summed E-state index contributed by atoms with van der Waals surface area (Å²) in [7, 11) is 0. The number of amides is 3. The zero-order valence-electron chi connectivity index (χ0n) is 8.09. The van der Waals surface area contributed by atoms with Gasteiger partial charge in [0.25, 0.3) is 0 Å². The summed E-state index contributed by atoms with van der Waals surface area (Å²) in [6, 6.07) is 1.88. The number of nitrogens with two attached hydrogens (primary N) is 1. The highest BCUT2D eigenvalue weighted by atomic mass is 19.1. The Balaban J connectivity index is 2.59. The minimum absolute atomic E-state index is 0.191. The Morgan fingerprint density at radius 1 is 1.31 bits per heavy atom. The van der Waals surface area contributed by atoms with E-state index in [4.69, 9.17) is 5.73 Å². The van der Waals surface area contributed by atoms with Crippen molar-refractivity contribution < 1.29 is 18.4 Å². The van der Waals surface area contributed by atoms with Crippen molar-refractivity contribution in [2.75, 3.05) is 11.9 Å². The first-order chi connectivity index (χ1) is 7.49. The van der Waals surface area contributed by atoms with Crippen LogP contribution in [-0.2, 0) is 4.79 Å². The van der Waals surface area contributed by atoms with Gasteiger partial charge in [0.2, 0.25) is 5.91 Å². The van der Waals surface area contributed by atoms with E-state index in [9.17, 15) is 18.4 Å². The maximum absolute atomic E-state index is 13.0. The molecule has 0 fully saturated rings. The van der Waals surface area contributed by atoms with Gasteiger partial charge >= 0.3 is 6.03 Å². The quantitative estimate of drug-likeness (QED) is 0.708. The Morgan fingerprint density at radius 2 is 2.00 bits per heavy atom. The summed E-state index contributed by atoms with van der Waals surface area (Å²) in [5.41, 5.74) is 4.59. The number of anilines is 1. The molecule has 1 aromatic carbocycles. The van der Waals surface area contributed by atoms with Crippen molar-refractivity contribution in [1.82, 2.24) is 5.32 Å². The van der Waals surface area contributed by atoms with Crippen LogP contribution < -0.4 is 16.4 Å². The largest absolute Gasteiger partial charge is 0.368 e. The molecule has 0 radical (unpaired) electrons. The summed E-state index contributed by atoms with van der Waals surface area (Å²) in [6.45, 7) is -0.366. The molecular weight excluding hydrogens is 220 g/mol. The number of hydrogen-bond acceptors (Lipinski definition) is 2. The van der Waals surface area contributed by atoms with Gasteiger partial charge in [-0.05, 0) is 12.1 Å². The predicted molar refractivity (Wildman–Crippen MR) is 52.6 cm³/mol. The third-order valence-corrected chi connectivity index (χ3v) is 1.60. The lowest BCUT2D eigenvalue weighted by Gasteiger charge is -2.06. The highest BCUT2D eigenvalue weighted by Crippen LogP contribution is 2.14. The van der Waals surface area contributed by atoms with Gasteiger partial charge in [-0.3, -0.25) is 4.79 Å². The van der Waals surface area contributed by atoms with Crippen LogP contribution in [0, 0.1) is 11.6 Å². The fourth-order valence-corrected chi connectivity index (χ4v) is 0.925. The second-order valence-corrected chi connectivity index (χ2v) is 2.90. The molecule has 16 heavy (non-hydrogen) atoms. The highest BCUT2D eigenvalue weighted by Gasteiger charge is 2.07. The van der Waals surface area contributed by atoms with Crippen LogP contribution in [0.2, 0.25) is 0 Å². The molecule has 7 heteroatoms. The van der Waals surface area contributed by atoms with E-state index in [-0.39, 0.29) is 12.2 Å². The third-order valence-electron chi connectivity index (χ3n) is 1.60. The Kier molecular flexibility index (Phi) is 3.76. The van der Waals surface area contributed by atoms with Crippen LogP contribution in [0.3, 0.4) is 0 Å². The normalized spacial score (nSPS) is 9.62. The molecule has 0 heterocycles. The van der Waals surface area contributed by atoms with E-state index < -0.39 is 23.6 Å². The number of carbonyl (C=O) groups excluding carboxylic acids is 2. The number of carbonyl (C=O) groups is 2. The molecule has 4 N–H and O–H groups in total. The van der Waals surface area contributed by atoms with Gasteiger partial charge in [0.1, 0.15) is 11.6 Å².